The van der Waals surface area contributed by atoms with E-state index in [1.807, 2.05) is 0 Å². The van der Waals surface area contributed by atoms with Crippen LogP contribution in [0.5, 0.6) is 0 Å². The van der Waals surface area contributed by atoms with Crippen LogP contribution in [0.1, 0.15) is 24.0 Å². The van der Waals surface area contributed by atoms with Gasteiger partial charge in [-0.25, -0.2) is 0 Å². The predicted octanol–water partition coefficient (Wildman–Crippen LogP) is 3.72. The van der Waals surface area contributed by atoms with Gasteiger partial charge in [-0.1, -0.05) is 24.3 Å². The lowest BCUT2D eigenvalue weighted by atomic mass is 9.73. The van der Waals surface area contributed by atoms with Crippen LogP contribution in [0.15, 0.2) is 41.9 Å². The topological polar surface area (TPSA) is 45.7 Å². The van der Waals surface area contributed by atoms with Gasteiger partial charge in [0.15, 0.2) is 5.96 Å². The molecule has 1 saturated heterocycles. The van der Waals surface area contributed by atoms with Crippen molar-refractivity contribution in [3.63, 3.8) is 0 Å². The Bertz CT molecular complexity index is 614. The molecular formula is C18H25F3IN3O. The van der Waals surface area contributed by atoms with E-state index in [0.717, 1.165) is 6.07 Å². The first-order valence-corrected chi connectivity index (χ1v) is 8.22. The van der Waals surface area contributed by atoms with Crippen molar-refractivity contribution in [2.45, 2.75) is 24.4 Å². The number of guanidine groups is 1. The molecule has 1 aliphatic rings. The van der Waals surface area contributed by atoms with Crippen molar-refractivity contribution >= 4 is 29.9 Å². The van der Waals surface area contributed by atoms with Crippen LogP contribution in [-0.4, -0.2) is 39.3 Å². The van der Waals surface area contributed by atoms with Crippen LogP contribution in [0.4, 0.5) is 13.2 Å². The number of hydrogen-bond donors (Lipinski definition) is 2. The number of nitrogens with zero attached hydrogens (tertiary/aromatic N) is 1. The Morgan fingerprint density at radius 2 is 2.00 bits per heavy atom. The summed E-state index contributed by atoms with van der Waals surface area (Å²) in [5.74, 6) is 0.595. The maximum absolute atomic E-state index is 13.1. The molecule has 146 valence electrons. The van der Waals surface area contributed by atoms with E-state index in [2.05, 4.69) is 22.2 Å². The Balaban J connectivity index is 0.00000338. The second kappa shape index (κ2) is 10.1. The van der Waals surface area contributed by atoms with Crippen LogP contribution in [0, 0.1) is 0 Å². The summed E-state index contributed by atoms with van der Waals surface area (Å²) in [5.41, 5.74) is -0.368. The SMILES string of the molecule is C=CCNC(=NC)NCC1(c2cccc(C(F)(F)F)c2)CCOCC1.I. The van der Waals surface area contributed by atoms with Crippen LogP contribution in [0.2, 0.25) is 0 Å². The van der Waals surface area contributed by atoms with Crippen molar-refractivity contribution < 1.29 is 17.9 Å². The van der Waals surface area contributed by atoms with E-state index < -0.39 is 17.2 Å². The van der Waals surface area contributed by atoms with Gasteiger partial charge in [0.05, 0.1) is 5.56 Å². The molecule has 1 aliphatic heterocycles. The fourth-order valence-electron chi connectivity index (χ4n) is 3.00. The summed E-state index contributed by atoms with van der Waals surface area (Å²) in [6.07, 6.45) is -1.33. The van der Waals surface area contributed by atoms with E-state index in [1.54, 1.807) is 19.2 Å². The van der Waals surface area contributed by atoms with E-state index in [1.165, 1.54) is 12.1 Å². The van der Waals surface area contributed by atoms with Crippen molar-refractivity contribution in [1.29, 1.82) is 0 Å². The Morgan fingerprint density at radius 3 is 2.58 bits per heavy atom. The molecule has 0 radical (unpaired) electrons. The number of ether oxygens (including phenoxy) is 1. The number of halogens is 4. The number of aliphatic imine (C=N–C) groups is 1. The molecule has 2 N–H and O–H groups in total. The monoisotopic (exact) mass is 483 g/mol. The molecule has 8 heteroatoms. The van der Waals surface area contributed by atoms with E-state index in [-0.39, 0.29) is 24.0 Å². The molecule has 1 aromatic carbocycles. The first kappa shape index (κ1) is 22.8. The Morgan fingerprint density at radius 1 is 1.31 bits per heavy atom. The van der Waals surface area contributed by atoms with Crippen molar-refractivity contribution in [1.82, 2.24) is 10.6 Å². The number of benzene rings is 1. The highest BCUT2D eigenvalue weighted by atomic mass is 127. The summed E-state index contributed by atoms with van der Waals surface area (Å²) in [5, 5.41) is 6.30. The largest absolute Gasteiger partial charge is 0.416 e. The van der Waals surface area contributed by atoms with Gasteiger partial charge in [-0.2, -0.15) is 13.2 Å². The van der Waals surface area contributed by atoms with E-state index in [4.69, 9.17) is 4.74 Å². The van der Waals surface area contributed by atoms with Gasteiger partial charge in [-0.15, -0.1) is 30.6 Å². The van der Waals surface area contributed by atoms with Gasteiger partial charge in [0.1, 0.15) is 0 Å². The van der Waals surface area contributed by atoms with Crippen molar-refractivity contribution in [2.24, 2.45) is 4.99 Å². The van der Waals surface area contributed by atoms with Crippen molar-refractivity contribution in [3.05, 3.63) is 48.0 Å². The number of nitrogens with one attached hydrogen (secondary N) is 2. The van der Waals surface area contributed by atoms with Gasteiger partial charge in [0.25, 0.3) is 0 Å². The minimum Gasteiger partial charge on any atom is -0.381 e. The lowest BCUT2D eigenvalue weighted by Gasteiger charge is -2.38. The smallest absolute Gasteiger partial charge is 0.381 e. The first-order chi connectivity index (χ1) is 11.9. The number of alkyl halides is 3. The molecule has 0 saturated carbocycles. The third-order valence-electron chi connectivity index (χ3n) is 4.48. The first-order valence-electron chi connectivity index (χ1n) is 8.22. The molecule has 4 nitrogen and oxygen atoms in total. The average molecular weight is 483 g/mol. The fraction of sp³-hybridized carbons (Fsp3) is 0.500. The molecule has 0 aliphatic carbocycles. The van der Waals surface area contributed by atoms with Crippen molar-refractivity contribution in [3.8, 4) is 0 Å². The summed E-state index contributed by atoms with van der Waals surface area (Å²) in [7, 11) is 1.65. The average Bonchev–Trinajstić information content (AvgIpc) is 2.62. The quantitative estimate of drug-likeness (QED) is 0.291. The lowest BCUT2D eigenvalue weighted by molar-refractivity contribution is -0.137. The van der Waals surface area contributed by atoms with Gasteiger partial charge in [0, 0.05) is 38.8 Å². The second-order valence-corrected chi connectivity index (χ2v) is 6.07. The summed E-state index contributed by atoms with van der Waals surface area (Å²) in [6, 6.07) is 5.60. The summed E-state index contributed by atoms with van der Waals surface area (Å²) >= 11 is 0. The van der Waals surface area contributed by atoms with Crippen LogP contribution in [0.3, 0.4) is 0 Å². The molecule has 2 rings (SSSR count). The molecule has 0 unspecified atom stereocenters. The fourth-order valence-corrected chi connectivity index (χ4v) is 3.00. The normalized spacial score (nSPS) is 17.2. The van der Waals surface area contributed by atoms with Crippen LogP contribution < -0.4 is 10.6 Å². The zero-order valence-corrected chi connectivity index (χ0v) is 17.1. The summed E-state index contributed by atoms with van der Waals surface area (Å²) in [4.78, 5) is 4.13. The molecule has 26 heavy (non-hydrogen) atoms. The zero-order valence-electron chi connectivity index (χ0n) is 14.7. The minimum absolute atomic E-state index is 0. The van der Waals surface area contributed by atoms with Crippen molar-refractivity contribution in [2.75, 3.05) is 33.4 Å². The minimum atomic E-state index is -4.35. The summed E-state index contributed by atoms with van der Waals surface area (Å²) < 4.78 is 44.7. The molecule has 0 atom stereocenters. The van der Waals surface area contributed by atoms with Crippen LogP contribution in [-0.2, 0) is 16.3 Å². The Hall–Kier alpha value is -1.29. The maximum Gasteiger partial charge on any atom is 0.416 e. The van der Waals surface area contributed by atoms with Gasteiger partial charge in [-0.05, 0) is 24.5 Å². The Labute approximate surface area is 169 Å². The number of hydrogen-bond acceptors (Lipinski definition) is 2. The van der Waals surface area contributed by atoms with Gasteiger partial charge in [-0.3, -0.25) is 4.99 Å². The molecule has 1 fully saturated rings. The molecule has 0 bridgehead atoms. The highest BCUT2D eigenvalue weighted by molar-refractivity contribution is 14.0. The summed E-state index contributed by atoms with van der Waals surface area (Å²) in [6.45, 7) is 5.73. The molecule has 0 spiro atoms. The van der Waals surface area contributed by atoms with E-state index in [0.29, 0.717) is 50.7 Å². The molecule has 0 aromatic heterocycles. The van der Waals surface area contributed by atoms with E-state index in [9.17, 15) is 13.2 Å². The second-order valence-electron chi connectivity index (χ2n) is 6.07. The third-order valence-corrected chi connectivity index (χ3v) is 4.48. The standard InChI is InChI=1S/C18H24F3N3O.HI/c1-3-9-23-16(22-2)24-13-17(7-10-25-11-8-17)14-5-4-6-15(12-14)18(19,20)21;/h3-6,12H,1,7-11,13H2,2H3,(H2,22,23,24);1H. The highest BCUT2D eigenvalue weighted by Crippen LogP contribution is 2.37. The van der Waals surface area contributed by atoms with E-state index >= 15 is 0 Å². The molecular weight excluding hydrogens is 458 g/mol. The Kier molecular flexibility index (Phi) is 8.88. The van der Waals surface area contributed by atoms with Crippen LogP contribution >= 0.6 is 24.0 Å². The maximum atomic E-state index is 13.1. The molecule has 1 aromatic rings. The lowest BCUT2D eigenvalue weighted by Crippen LogP contribution is -2.48. The predicted molar refractivity (Wildman–Crippen MR) is 108 cm³/mol. The molecule has 1 heterocycles. The van der Waals surface area contributed by atoms with Crippen LogP contribution in [0.25, 0.3) is 0 Å². The number of rotatable bonds is 5. The zero-order chi connectivity index (χ0) is 18.3. The van der Waals surface area contributed by atoms with Gasteiger partial charge in [0.2, 0.25) is 0 Å². The molecule has 0 amide bonds. The van der Waals surface area contributed by atoms with Gasteiger partial charge < -0.3 is 15.4 Å². The van der Waals surface area contributed by atoms with Gasteiger partial charge >= 0.3 is 6.18 Å². The highest BCUT2D eigenvalue weighted by Gasteiger charge is 2.37. The third kappa shape index (κ3) is 5.87.